The first-order valence-corrected chi connectivity index (χ1v) is 25.0. The molecule has 4 aliphatic rings. The van der Waals surface area contributed by atoms with Gasteiger partial charge in [0.1, 0.15) is 24.6 Å². The molecule has 17 nitrogen and oxygen atoms in total. The molecule has 2 bridgehead atoms. The Morgan fingerprint density at radius 1 is 0.884 bits per heavy atom. The summed E-state index contributed by atoms with van der Waals surface area (Å²) < 4.78 is 31.7. The molecule has 15 atom stereocenters. The Labute approximate surface area is 408 Å². The SMILES string of the molecule is CO[C@H]1CC2CC[C@@H](C)C(=O)C(O)(O2)C(=O)N2CCCCC2C(=O)O[C@H]([C@H](C)C[C@@H]2CC[C@@H](n3cnnn3)[C@H](OC)C2)CC(=O)C(C)=CC(C)[C@@H](O)[C@@H](OC)C(=O)[C@@H](C)C[C@H](C)C=CC=CC=C1C. The number of carbonyl (C=O) groups is 5. The number of cyclic esters (lactones) is 1. The van der Waals surface area contributed by atoms with Gasteiger partial charge in [-0.2, -0.15) is 0 Å². The van der Waals surface area contributed by atoms with Crippen LogP contribution in [0.2, 0.25) is 0 Å². The van der Waals surface area contributed by atoms with Gasteiger partial charge in [-0.1, -0.05) is 71.1 Å². The van der Waals surface area contributed by atoms with Gasteiger partial charge in [0, 0.05) is 58.5 Å². The van der Waals surface area contributed by atoms with Crippen LogP contribution < -0.4 is 0 Å². The minimum atomic E-state index is -2.86. The lowest BCUT2D eigenvalue weighted by atomic mass is 9.77. The Bertz CT molecular complexity index is 2020. The van der Waals surface area contributed by atoms with Crippen molar-refractivity contribution in [2.24, 2.45) is 35.5 Å². The molecule has 1 amide bonds. The monoisotopic (exact) mass is 966 g/mol. The van der Waals surface area contributed by atoms with Crippen molar-refractivity contribution in [2.75, 3.05) is 27.9 Å². The van der Waals surface area contributed by atoms with Crippen molar-refractivity contribution < 1.29 is 57.9 Å². The predicted octanol–water partition coefficient (Wildman–Crippen LogP) is 6.05. The van der Waals surface area contributed by atoms with Gasteiger partial charge in [-0.05, 0) is 117 Å². The number of fused-ring (bicyclic) bond motifs is 3. The van der Waals surface area contributed by atoms with E-state index in [0.29, 0.717) is 50.5 Å². The van der Waals surface area contributed by atoms with Crippen LogP contribution in [0.3, 0.4) is 0 Å². The summed E-state index contributed by atoms with van der Waals surface area (Å²) >= 11 is 0. The number of hydrogen-bond donors (Lipinski definition) is 2. The molecule has 69 heavy (non-hydrogen) atoms. The fourth-order valence-corrected chi connectivity index (χ4v) is 10.7. The van der Waals surface area contributed by atoms with Gasteiger partial charge in [0.25, 0.3) is 5.91 Å². The lowest BCUT2D eigenvalue weighted by molar-refractivity contribution is -0.231. The van der Waals surface area contributed by atoms with E-state index in [4.69, 9.17) is 23.7 Å². The zero-order chi connectivity index (χ0) is 50.6. The molecular weight excluding hydrogens is 887 g/mol. The second-order valence-corrected chi connectivity index (χ2v) is 20.4. The van der Waals surface area contributed by atoms with Crippen LogP contribution >= 0.6 is 0 Å². The summed E-state index contributed by atoms with van der Waals surface area (Å²) in [7, 11) is 4.61. The number of amides is 1. The first kappa shape index (κ1) is 55.7. The number of allylic oxidation sites excluding steroid dienone is 6. The van der Waals surface area contributed by atoms with E-state index >= 15 is 0 Å². The number of Topliss-reactive ketones (excluding diaryl/α,β-unsaturated/α-hetero) is 3. The molecule has 1 aliphatic carbocycles. The molecule has 3 aliphatic heterocycles. The number of hydrogen-bond acceptors (Lipinski definition) is 15. The van der Waals surface area contributed by atoms with Crippen LogP contribution in [-0.4, -0.2) is 141 Å². The maximum atomic E-state index is 14.7. The first-order chi connectivity index (χ1) is 32.8. The van der Waals surface area contributed by atoms with Crippen molar-refractivity contribution in [2.45, 2.75) is 180 Å². The quantitative estimate of drug-likeness (QED) is 0.235. The van der Waals surface area contributed by atoms with Crippen LogP contribution in [0, 0.1) is 35.5 Å². The smallest absolute Gasteiger partial charge is 0.329 e. The van der Waals surface area contributed by atoms with E-state index in [-0.39, 0.29) is 67.3 Å². The molecule has 4 unspecified atom stereocenters. The van der Waals surface area contributed by atoms with E-state index in [0.717, 1.165) is 18.4 Å². The Balaban J connectivity index is 1.49. The van der Waals surface area contributed by atoms with Gasteiger partial charge in [0.15, 0.2) is 11.6 Å². The van der Waals surface area contributed by atoms with Gasteiger partial charge >= 0.3 is 11.8 Å². The van der Waals surface area contributed by atoms with Crippen LogP contribution in [0.15, 0.2) is 53.9 Å². The number of nitrogens with zero attached hydrogens (tertiary/aromatic N) is 5. The number of ether oxygens (including phenoxy) is 5. The second kappa shape index (κ2) is 25.7. The van der Waals surface area contributed by atoms with Crippen molar-refractivity contribution in [3.63, 3.8) is 0 Å². The van der Waals surface area contributed by atoms with Crippen LogP contribution in [0.1, 0.15) is 132 Å². The second-order valence-electron chi connectivity index (χ2n) is 20.4. The summed E-state index contributed by atoms with van der Waals surface area (Å²) in [5.74, 6) is -7.95. The zero-order valence-electron chi connectivity index (χ0n) is 42.5. The number of aliphatic hydroxyl groups is 2. The minimum absolute atomic E-state index is 0.0151. The molecular formula is C52H79N5O12. The van der Waals surface area contributed by atoms with E-state index in [2.05, 4.69) is 15.5 Å². The van der Waals surface area contributed by atoms with Gasteiger partial charge < -0.3 is 38.8 Å². The molecule has 2 N–H and O–H groups in total. The van der Waals surface area contributed by atoms with Crippen molar-refractivity contribution in [1.82, 2.24) is 25.1 Å². The van der Waals surface area contributed by atoms with Crippen LogP contribution in [0.4, 0.5) is 0 Å². The highest BCUT2D eigenvalue weighted by atomic mass is 16.6. The number of tetrazole rings is 1. The van der Waals surface area contributed by atoms with E-state index < -0.39 is 77.8 Å². The highest BCUT2D eigenvalue weighted by molar-refractivity contribution is 6.09. The minimum Gasteiger partial charge on any atom is -0.460 e. The van der Waals surface area contributed by atoms with E-state index in [9.17, 15) is 34.2 Å². The molecule has 2 saturated heterocycles. The maximum absolute atomic E-state index is 14.7. The van der Waals surface area contributed by atoms with Crippen LogP contribution in [0.25, 0.3) is 0 Å². The average molecular weight is 966 g/mol. The molecule has 1 aromatic rings. The van der Waals surface area contributed by atoms with E-state index in [1.165, 1.54) is 12.0 Å². The number of piperidine rings is 1. The third-order valence-corrected chi connectivity index (χ3v) is 15.1. The van der Waals surface area contributed by atoms with Gasteiger partial charge in [0.05, 0.1) is 30.5 Å². The maximum Gasteiger partial charge on any atom is 0.329 e. The van der Waals surface area contributed by atoms with Gasteiger partial charge in [-0.3, -0.25) is 19.2 Å². The van der Waals surface area contributed by atoms with E-state index in [1.54, 1.807) is 52.1 Å². The Hall–Kier alpha value is -4.26. The zero-order valence-corrected chi connectivity index (χ0v) is 42.5. The normalized spacial score (nSPS) is 36.3. The molecule has 1 aromatic heterocycles. The Morgan fingerprint density at radius 3 is 2.32 bits per heavy atom. The summed E-state index contributed by atoms with van der Waals surface area (Å²) in [4.78, 5) is 72.6. The average Bonchev–Trinajstić information content (AvgIpc) is 3.85. The highest BCUT2D eigenvalue weighted by Crippen LogP contribution is 2.39. The molecule has 3 fully saturated rings. The molecule has 5 rings (SSSR count). The number of aromatic nitrogens is 4. The number of carbonyl (C=O) groups excluding carboxylic acids is 5. The summed E-state index contributed by atoms with van der Waals surface area (Å²) in [5.41, 5.74) is 1.17. The molecule has 0 radical (unpaired) electrons. The number of rotatable bonds is 7. The molecule has 1 saturated carbocycles. The van der Waals surface area contributed by atoms with Crippen LogP contribution in [0.5, 0.6) is 0 Å². The van der Waals surface area contributed by atoms with Crippen molar-refractivity contribution in [3.8, 4) is 0 Å². The van der Waals surface area contributed by atoms with Crippen molar-refractivity contribution >= 4 is 29.2 Å². The molecule has 0 spiro atoms. The number of aliphatic hydroxyl groups excluding tert-OH is 1. The Kier molecular flexibility index (Phi) is 20.8. The van der Waals surface area contributed by atoms with Gasteiger partial charge in [-0.15, -0.1) is 5.10 Å². The lowest BCUT2D eigenvalue weighted by Crippen LogP contribution is -2.62. The first-order valence-electron chi connectivity index (χ1n) is 25.0. The highest BCUT2D eigenvalue weighted by Gasteiger charge is 2.55. The van der Waals surface area contributed by atoms with Crippen molar-refractivity contribution in [3.05, 3.63) is 53.9 Å². The summed E-state index contributed by atoms with van der Waals surface area (Å²) in [6.45, 7) is 12.8. The van der Waals surface area contributed by atoms with Crippen molar-refractivity contribution in [1.29, 1.82) is 0 Å². The summed E-state index contributed by atoms with van der Waals surface area (Å²) in [5, 5.41) is 35.4. The molecule has 384 valence electrons. The third kappa shape index (κ3) is 14.2. The lowest BCUT2D eigenvalue weighted by Gasteiger charge is -2.40. The van der Waals surface area contributed by atoms with Gasteiger partial charge in [0.2, 0.25) is 5.78 Å². The fourth-order valence-electron chi connectivity index (χ4n) is 10.7. The standard InChI is InChI=1S/C52H79N5O12/c1-31-16-12-11-13-17-32(2)43(65-8)28-39-21-19-33(3)49(61)52(64,69-39)51(63)56-23-15-14-18-41(56)50(62)68-44(35(5)26-38-20-22-40(45(27-38)66-9)57-30-53-54-55-57)29-42(58)34(4)25-37(7)47(60)48(67-10)46(59)36(6)24-31/h11-13,16-17,25,30-31,33,35-41,43-45,47-48,60,64H,14-15,18-24,26-29H2,1-10H3/t31-,33-,35-,36+,37?,38+,39?,40-,41?,43+,44+,45-,47-,48+,52?/m1/s1. The summed E-state index contributed by atoms with van der Waals surface area (Å²) in [6, 6.07) is -1.22. The van der Waals surface area contributed by atoms with Gasteiger partial charge in [-0.25, -0.2) is 9.48 Å². The number of methoxy groups -OCH3 is 3. The number of esters is 1. The molecule has 0 aromatic carbocycles. The van der Waals surface area contributed by atoms with E-state index in [1.807, 2.05) is 58.1 Å². The topological polar surface area (TPSA) is 219 Å². The third-order valence-electron chi connectivity index (χ3n) is 15.1. The largest absolute Gasteiger partial charge is 0.460 e. The van der Waals surface area contributed by atoms with Crippen LogP contribution in [-0.2, 0) is 47.7 Å². The fraction of sp³-hybridized carbons (Fsp3) is 0.731. The number of ketones is 3. The molecule has 17 heteroatoms. The summed E-state index contributed by atoms with van der Waals surface area (Å²) in [6.07, 6.45) is 13.4. The predicted molar refractivity (Wildman–Crippen MR) is 256 cm³/mol. The Morgan fingerprint density at radius 2 is 1.64 bits per heavy atom. The molecule has 4 heterocycles.